The van der Waals surface area contributed by atoms with Crippen molar-refractivity contribution in [1.29, 1.82) is 0 Å². The first-order valence-electron chi connectivity index (χ1n) is 9.18. The van der Waals surface area contributed by atoms with Crippen LogP contribution in [0, 0.1) is 13.8 Å². The first kappa shape index (κ1) is 16.8. The summed E-state index contributed by atoms with van der Waals surface area (Å²) >= 11 is 0. The van der Waals surface area contributed by atoms with Crippen LogP contribution in [-0.4, -0.2) is 33.7 Å². The molecular formula is C20H25N5O. The summed E-state index contributed by atoms with van der Waals surface area (Å²) in [6.07, 6.45) is 2.11. The third-order valence-corrected chi connectivity index (χ3v) is 5.23. The molecule has 26 heavy (non-hydrogen) atoms. The van der Waals surface area contributed by atoms with Gasteiger partial charge >= 0.3 is 5.69 Å². The van der Waals surface area contributed by atoms with Gasteiger partial charge in [0.15, 0.2) is 5.65 Å². The molecule has 6 heteroatoms. The fourth-order valence-corrected chi connectivity index (χ4v) is 3.85. The van der Waals surface area contributed by atoms with Crippen molar-refractivity contribution in [2.75, 3.05) is 18.0 Å². The van der Waals surface area contributed by atoms with Crippen molar-refractivity contribution in [2.24, 2.45) is 5.73 Å². The minimum Gasteiger partial charge on any atom is -0.368 e. The van der Waals surface area contributed by atoms with Crippen molar-refractivity contribution in [3.05, 3.63) is 57.6 Å². The third-order valence-electron chi connectivity index (χ3n) is 5.23. The van der Waals surface area contributed by atoms with Gasteiger partial charge in [-0.15, -0.1) is 0 Å². The van der Waals surface area contributed by atoms with Crippen molar-refractivity contribution in [1.82, 2.24) is 14.5 Å². The zero-order valence-corrected chi connectivity index (χ0v) is 15.3. The fourth-order valence-electron chi connectivity index (χ4n) is 3.85. The highest BCUT2D eigenvalue weighted by Gasteiger charge is 2.22. The third kappa shape index (κ3) is 3.01. The van der Waals surface area contributed by atoms with Gasteiger partial charge in [-0.1, -0.05) is 24.3 Å². The molecule has 4 rings (SSSR count). The van der Waals surface area contributed by atoms with E-state index >= 15 is 0 Å². The molecule has 6 nitrogen and oxygen atoms in total. The normalized spacial score (nSPS) is 17.8. The number of anilines is 1. The number of nitrogens with two attached hydrogens (primary N) is 1. The van der Waals surface area contributed by atoms with Gasteiger partial charge in [0.1, 0.15) is 5.52 Å². The summed E-state index contributed by atoms with van der Waals surface area (Å²) < 4.78 is 1.81. The number of hydrogen-bond donors (Lipinski definition) is 2. The molecule has 0 aliphatic carbocycles. The van der Waals surface area contributed by atoms with Gasteiger partial charge in [-0.2, -0.15) is 0 Å². The molecule has 136 valence electrons. The average molecular weight is 351 g/mol. The fraction of sp³-hybridized carbons (Fsp3) is 0.400. The molecule has 0 amide bonds. The number of pyridine rings is 1. The molecular weight excluding hydrogens is 326 g/mol. The van der Waals surface area contributed by atoms with Crippen molar-refractivity contribution in [3.8, 4) is 0 Å². The second-order valence-electron chi connectivity index (χ2n) is 7.27. The highest BCUT2D eigenvalue weighted by molar-refractivity contribution is 5.87. The summed E-state index contributed by atoms with van der Waals surface area (Å²) in [5, 5.41) is 0. The second-order valence-corrected chi connectivity index (χ2v) is 7.27. The lowest BCUT2D eigenvalue weighted by Gasteiger charge is -2.33. The summed E-state index contributed by atoms with van der Waals surface area (Å²) in [6.45, 7) is 6.33. The molecule has 1 aliphatic rings. The number of piperidine rings is 1. The Labute approximate surface area is 152 Å². The highest BCUT2D eigenvalue weighted by Crippen LogP contribution is 2.28. The van der Waals surface area contributed by atoms with Crippen LogP contribution < -0.4 is 16.3 Å². The minimum atomic E-state index is -0.121. The molecule has 0 spiro atoms. The number of fused-ring (bicyclic) bond motifs is 1. The summed E-state index contributed by atoms with van der Waals surface area (Å²) in [5.74, 6) is 0. The van der Waals surface area contributed by atoms with E-state index < -0.39 is 0 Å². The number of benzene rings is 1. The summed E-state index contributed by atoms with van der Waals surface area (Å²) in [6, 6.07) is 10.4. The monoisotopic (exact) mass is 351 g/mol. The van der Waals surface area contributed by atoms with E-state index in [2.05, 4.69) is 40.0 Å². The van der Waals surface area contributed by atoms with Crippen LogP contribution in [0.3, 0.4) is 0 Å². The van der Waals surface area contributed by atoms with E-state index in [0.29, 0.717) is 12.2 Å². The van der Waals surface area contributed by atoms with Gasteiger partial charge in [-0.05, 0) is 43.9 Å². The standard InChI is InChI=1S/C20H25N5O/c1-13-6-3-4-7-15(13)11-25-18-17(24-9-5-8-16(21)12-24)10-14(2)22-19(18)23-20(25)26/h3-4,6-7,10,16H,5,8-9,11-12,21H2,1-2H3,(H,22,23,26)/t16-/m1/s1. The smallest absolute Gasteiger partial charge is 0.328 e. The van der Waals surface area contributed by atoms with Crippen LogP contribution in [-0.2, 0) is 6.54 Å². The largest absolute Gasteiger partial charge is 0.368 e. The van der Waals surface area contributed by atoms with Gasteiger partial charge in [0.25, 0.3) is 0 Å². The van der Waals surface area contributed by atoms with Crippen LogP contribution in [0.25, 0.3) is 11.2 Å². The molecule has 1 aliphatic heterocycles. The van der Waals surface area contributed by atoms with E-state index in [1.807, 2.05) is 19.1 Å². The molecule has 1 atom stereocenters. The van der Waals surface area contributed by atoms with E-state index in [-0.39, 0.29) is 11.7 Å². The molecule has 3 aromatic rings. The summed E-state index contributed by atoms with van der Waals surface area (Å²) in [7, 11) is 0. The van der Waals surface area contributed by atoms with Crippen LogP contribution in [0.15, 0.2) is 35.1 Å². The predicted octanol–water partition coefficient (Wildman–Crippen LogP) is 2.32. The number of nitrogens with zero attached hydrogens (tertiary/aromatic N) is 3. The first-order chi connectivity index (χ1) is 12.5. The number of H-pyrrole nitrogens is 1. The van der Waals surface area contributed by atoms with Gasteiger partial charge in [0, 0.05) is 24.8 Å². The van der Waals surface area contributed by atoms with E-state index in [4.69, 9.17) is 5.73 Å². The number of aromatic nitrogens is 3. The zero-order valence-electron chi connectivity index (χ0n) is 15.3. The molecule has 1 fully saturated rings. The summed E-state index contributed by atoms with van der Waals surface area (Å²) in [5.41, 5.74) is 11.9. The maximum Gasteiger partial charge on any atom is 0.328 e. The van der Waals surface area contributed by atoms with Crippen molar-refractivity contribution < 1.29 is 0 Å². The van der Waals surface area contributed by atoms with E-state index in [0.717, 1.165) is 48.4 Å². The minimum absolute atomic E-state index is 0.121. The Morgan fingerprint density at radius 3 is 2.88 bits per heavy atom. The van der Waals surface area contributed by atoms with Gasteiger partial charge in [0.2, 0.25) is 0 Å². The Hall–Kier alpha value is -2.60. The lowest BCUT2D eigenvalue weighted by Crippen LogP contribution is -2.43. The SMILES string of the molecule is Cc1cc(N2CCC[C@@H](N)C2)c2c(n1)[nH]c(=O)n2Cc1ccccc1C. The maximum absolute atomic E-state index is 12.7. The van der Waals surface area contributed by atoms with Crippen LogP contribution in [0.4, 0.5) is 5.69 Å². The average Bonchev–Trinajstić information content (AvgIpc) is 2.91. The van der Waals surface area contributed by atoms with Gasteiger partial charge in [-0.3, -0.25) is 9.55 Å². The van der Waals surface area contributed by atoms with Crippen LogP contribution in [0.5, 0.6) is 0 Å². The van der Waals surface area contributed by atoms with Crippen LogP contribution in [0.1, 0.15) is 29.7 Å². The Morgan fingerprint density at radius 1 is 1.31 bits per heavy atom. The Kier molecular flexibility index (Phi) is 4.28. The number of aryl methyl sites for hydroxylation is 2. The second kappa shape index (κ2) is 6.61. The molecule has 0 radical (unpaired) electrons. The van der Waals surface area contributed by atoms with Gasteiger partial charge in [0.05, 0.1) is 12.2 Å². The van der Waals surface area contributed by atoms with Crippen molar-refractivity contribution in [2.45, 2.75) is 39.3 Å². The van der Waals surface area contributed by atoms with E-state index in [9.17, 15) is 4.79 Å². The van der Waals surface area contributed by atoms with Crippen LogP contribution in [0.2, 0.25) is 0 Å². The van der Waals surface area contributed by atoms with Gasteiger partial charge < -0.3 is 10.6 Å². The Bertz CT molecular complexity index is 1000. The predicted molar refractivity (Wildman–Crippen MR) is 105 cm³/mol. The Balaban J connectivity index is 1.87. The quantitative estimate of drug-likeness (QED) is 0.759. The number of hydrogen-bond acceptors (Lipinski definition) is 4. The highest BCUT2D eigenvalue weighted by atomic mass is 16.1. The molecule has 2 aromatic heterocycles. The number of nitrogens with one attached hydrogen (secondary N) is 1. The molecule has 0 saturated carbocycles. The van der Waals surface area contributed by atoms with Gasteiger partial charge in [-0.25, -0.2) is 9.78 Å². The first-order valence-corrected chi connectivity index (χ1v) is 9.18. The molecule has 1 saturated heterocycles. The van der Waals surface area contributed by atoms with Crippen molar-refractivity contribution >= 4 is 16.9 Å². The van der Waals surface area contributed by atoms with Crippen molar-refractivity contribution in [3.63, 3.8) is 0 Å². The zero-order chi connectivity index (χ0) is 18.3. The van der Waals surface area contributed by atoms with E-state index in [1.165, 1.54) is 5.56 Å². The number of imidazole rings is 1. The number of aromatic amines is 1. The molecule has 1 aromatic carbocycles. The Morgan fingerprint density at radius 2 is 2.12 bits per heavy atom. The molecule has 0 unspecified atom stereocenters. The lowest BCUT2D eigenvalue weighted by molar-refractivity contribution is 0.506. The summed E-state index contributed by atoms with van der Waals surface area (Å²) in [4.78, 5) is 22.5. The van der Waals surface area contributed by atoms with E-state index in [1.54, 1.807) is 4.57 Å². The lowest BCUT2D eigenvalue weighted by atomic mass is 10.1. The maximum atomic E-state index is 12.7. The van der Waals surface area contributed by atoms with Crippen LogP contribution >= 0.6 is 0 Å². The topological polar surface area (TPSA) is 79.9 Å². The molecule has 0 bridgehead atoms. The molecule has 3 heterocycles. The molecule has 3 N–H and O–H groups in total. The number of rotatable bonds is 3.